The molecule has 1 aromatic rings. The van der Waals surface area contributed by atoms with E-state index in [1.165, 1.54) is 0 Å². The van der Waals surface area contributed by atoms with Crippen LogP contribution in [0.2, 0.25) is 0 Å². The summed E-state index contributed by atoms with van der Waals surface area (Å²) in [6.07, 6.45) is -0.0553. The van der Waals surface area contributed by atoms with Gasteiger partial charge < -0.3 is 10.5 Å². The van der Waals surface area contributed by atoms with Crippen molar-refractivity contribution >= 4 is 5.69 Å². The zero-order chi connectivity index (χ0) is 13.2. The van der Waals surface area contributed by atoms with E-state index in [4.69, 9.17) is 10.5 Å². The molecule has 0 radical (unpaired) electrons. The van der Waals surface area contributed by atoms with Crippen LogP contribution in [-0.2, 0) is 6.54 Å². The van der Waals surface area contributed by atoms with Crippen molar-refractivity contribution in [3.05, 3.63) is 23.8 Å². The number of alkyl halides is 2. The largest absolute Gasteiger partial charge is 0.492 e. The number of rotatable bonds is 4. The Morgan fingerprint density at radius 1 is 1.44 bits per heavy atom. The van der Waals surface area contributed by atoms with Crippen LogP contribution >= 0.6 is 0 Å². The molecular weight excluding hydrogens is 238 g/mol. The highest BCUT2D eigenvalue weighted by atomic mass is 19.3. The Bertz CT molecular complexity index is 423. The molecule has 0 bridgehead atoms. The Balaban J connectivity index is 2.04. The van der Waals surface area contributed by atoms with Crippen LogP contribution in [0, 0.1) is 0 Å². The van der Waals surface area contributed by atoms with Gasteiger partial charge in [0.05, 0.1) is 18.8 Å². The summed E-state index contributed by atoms with van der Waals surface area (Å²) in [5.74, 6) is -1.92. The molecule has 0 amide bonds. The predicted molar refractivity (Wildman–Crippen MR) is 66.9 cm³/mol. The van der Waals surface area contributed by atoms with Gasteiger partial charge in [0.15, 0.2) is 0 Å². The van der Waals surface area contributed by atoms with Crippen LogP contribution in [0.15, 0.2) is 18.2 Å². The monoisotopic (exact) mass is 256 g/mol. The third-order valence-electron chi connectivity index (χ3n) is 3.03. The Hall–Kier alpha value is -1.36. The number of halogens is 2. The van der Waals surface area contributed by atoms with E-state index in [1.54, 1.807) is 11.0 Å². The highest BCUT2D eigenvalue weighted by molar-refractivity contribution is 5.53. The number of nitrogens with two attached hydrogens (primary N) is 1. The first-order valence-corrected chi connectivity index (χ1v) is 6.11. The van der Waals surface area contributed by atoms with Gasteiger partial charge in [-0.2, -0.15) is 0 Å². The van der Waals surface area contributed by atoms with Crippen LogP contribution < -0.4 is 10.5 Å². The summed E-state index contributed by atoms with van der Waals surface area (Å²) in [7, 11) is 0. The van der Waals surface area contributed by atoms with Gasteiger partial charge in [-0.05, 0) is 24.6 Å². The quantitative estimate of drug-likeness (QED) is 0.841. The lowest BCUT2D eigenvalue weighted by atomic mass is 10.2. The van der Waals surface area contributed by atoms with E-state index in [0.29, 0.717) is 31.1 Å². The minimum atomic E-state index is -2.55. The zero-order valence-electron chi connectivity index (χ0n) is 10.5. The van der Waals surface area contributed by atoms with Gasteiger partial charge in [-0.15, -0.1) is 0 Å². The highest BCUT2D eigenvalue weighted by Crippen LogP contribution is 2.29. The molecule has 0 aliphatic carbocycles. The summed E-state index contributed by atoms with van der Waals surface area (Å²) in [4.78, 5) is 1.75. The summed E-state index contributed by atoms with van der Waals surface area (Å²) in [6.45, 7) is 3.20. The minimum Gasteiger partial charge on any atom is -0.492 e. The number of hydrogen-bond acceptors (Lipinski definition) is 3. The zero-order valence-corrected chi connectivity index (χ0v) is 10.5. The van der Waals surface area contributed by atoms with Gasteiger partial charge in [-0.1, -0.05) is 6.07 Å². The van der Waals surface area contributed by atoms with Gasteiger partial charge in [-0.3, -0.25) is 4.90 Å². The fourth-order valence-corrected chi connectivity index (χ4v) is 2.16. The highest BCUT2D eigenvalue weighted by Gasteiger charge is 2.37. The molecule has 0 saturated carbocycles. The molecule has 100 valence electrons. The van der Waals surface area contributed by atoms with Gasteiger partial charge >= 0.3 is 0 Å². The molecule has 0 aromatic heterocycles. The molecular formula is C13H18F2N2O. The maximum Gasteiger partial charge on any atom is 0.261 e. The molecule has 0 atom stereocenters. The number of hydrogen-bond donors (Lipinski definition) is 1. The van der Waals surface area contributed by atoms with E-state index in [1.807, 2.05) is 19.1 Å². The lowest BCUT2D eigenvalue weighted by molar-refractivity contribution is 0.0115. The Labute approximate surface area is 106 Å². The topological polar surface area (TPSA) is 38.5 Å². The van der Waals surface area contributed by atoms with Crippen LogP contribution in [0.25, 0.3) is 0 Å². The second-order valence-corrected chi connectivity index (χ2v) is 4.62. The molecule has 2 N–H and O–H groups in total. The maximum absolute atomic E-state index is 13.1. The van der Waals surface area contributed by atoms with Crippen molar-refractivity contribution in [1.29, 1.82) is 0 Å². The first-order valence-electron chi connectivity index (χ1n) is 6.11. The fourth-order valence-electron chi connectivity index (χ4n) is 2.16. The van der Waals surface area contributed by atoms with Gasteiger partial charge in [0, 0.05) is 19.5 Å². The van der Waals surface area contributed by atoms with Crippen LogP contribution in [-0.4, -0.2) is 30.5 Å². The summed E-state index contributed by atoms with van der Waals surface area (Å²) >= 11 is 0. The number of benzene rings is 1. The number of nitrogen functional groups attached to an aromatic ring is 1. The maximum atomic E-state index is 13.1. The number of anilines is 1. The molecule has 5 heteroatoms. The summed E-state index contributed by atoms with van der Waals surface area (Å²) < 4.78 is 31.5. The van der Waals surface area contributed by atoms with Crippen LogP contribution in [0.4, 0.5) is 14.5 Å². The van der Waals surface area contributed by atoms with Crippen molar-refractivity contribution in [2.75, 3.05) is 25.4 Å². The first kappa shape index (κ1) is 13.1. The Morgan fingerprint density at radius 2 is 2.22 bits per heavy atom. The molecule has 1 fully saturated rings. The van der Waals surface area contributed by atoms with Crippen molar-refractivity contribution in [3.8, 4) is 5.75 Å². The molecule has 1 aromatic carbocycles. The number of likely N-dealkylation sites (tertiary alicyclic amines) is 1. The summed E-state index contributed by atoms with van der Waals surface area (Å²) in [5, 5.41) is 0. The summed E-state index contributed by atoms with van der Waals surface area (Å²) in [6, 6.07) is 5.44. The van der Waals surface area contributed by atoms with Crippen LogP contribution in [0.3, 0.4) is 0 Å². The molecule has 2 rings (SSSR count). The lowest BCUT2D eigenvalue weighted by Crippen LogP contribution is -2.24. The van der Waals surface area contributed by atoms with Crippen molar-refractivity contribution in [3.63, 3.8) is 0 Å². The predicted octanol–water partition coefficient (Wildman–Crippen LogP) is 2.51. The van der Waals surface area contributed by atoms with Gasteiger partial charge in [-0.25, -0.2) is 8.78 Å². The fraction of sp³-hybridized carbons (Fsp3) is 0.538. The van der Waals surface area contributed by atoms with Crippen molar-refractivity contribution < 1.29 is 13.5 Å². The van der Waals surface area contributed by atoms with Gasteiger partial charge in [0.2, 0.25) is 0 Å². The second kappa shape index (κ2) is 5.10. The van der Waals surface area contributed by atoms with Crippen molar-refractivity contribution in [2.45, 2.75) is 25.8 Å². The molecule has 1 heterocycles. The van der Waals surface area contributed by atoms with Crippen molar-refractivity contribution in [1.82, 2.24) is 4.90 Å². The standard InChI is InChI=1S/C13H18F2N2O/c1-2-18-12-7-10(3-4-11(12)16)8-17-6-5-13(14,15)9-17/h3-4,7H,2,5-6,8-9,16H2,1H3. The van der Waals surface area contributed by atoms with E-state index < -0.39 is 5.92 Å². The van der Waals surface area contributed by atoms with Gasteiger partial charge in [0.25, 0.3) is 5.92 Å². The Kier molecular flexibility index (Phi) is 3.71. The van der Waals surface area contributed by atoms with E-state index >= 15 is 0 Å². The lowest BCUT2D eigenvalue weighted by Gasteiger charge is -2.16. The van der Waals surface area contributed by atoms with E-state index in [0.717, 1.165) is 5.56 Å². The smallest absolute Gasteiger partial charge is 0.261 e. The molecule has 1 aliphatic heterocycles. The average Bonchev–Trinajstić information content (AvgIpc) is 2.63. The molecule has 18 heavy (non-hydrogen) atoms. The molecule has 0 unspecified atom stereocenters. The molecule has 3 nitrogen and oxygen atoms in total. The second-order valence-electron chi connectivity index (χ2n) is 4.62. The first-order chi connectivity index (χ1) is 8.50. The Morgan fingerprint density at radius 3 is 2.83 bits per heavy atom. The number of ether oxygens (including phenoxy) is 1. The normalized spacial score (nSPS) is 19.1. The van der Waals surface area contributed by atoms with Crippen LogP contribution in [0.5, 0.6) is 5.75 Å². The van der Waals surface area contributed by atoms with Crippen molar-refractivity contribution in [2.24, 2.45) is 0 Å². The number of nitrogens with zero attached hydrogens (tertiary/aromatic N) is 1. The van der Waals surface area contributed by atoms with E-state index in [2.05, 4.69) is 0 Å². The molecule has 1 aliphatic rings. The van der Waals surface area contributed by atoms with E-state index in [-0.39, 0.29) is 13.0 Å². The third-order valence-corrected chi connectivity index (χ3v) is 3.03. The molecule has 0 spiro atoms. The average molecular weight is 256 g/mol. The van der Waals surface area contributed by atoms with Crippen LogP contribution in [0.1, 0.15) is 18.9 Å². The third kappa shape index (κ3) is 3.10. The molecule has 1 saturated heterocycles. The summed E-state index contributed by atoms with van der Waals surface area (Å²) in [5.41, 5.74) is 7.29. The minimum absolute atomic E-state index is 0.0553. The van der Waals surface area contributed by atoms with E-state index in [9.17, 15) is 8.78 Å². The van der Waals surface area contributed by atoms with Gasteiger partial charge in [0.1, 0.15) is 5.75 Å². The SMILES string of the molecule is CCOc1cc(CN2CCC(F)(F)C2)ccc1N.